The zero-order valence-electron chi connectivity index (χ0n) is 7.53. The zero-order chi connectivity index (χ0) is 9.97. The molecule has 4 nitrogen and oxygen atoms in total. The molecule has 0 radical (unpaired) electrons. The van der Waals surface area contributed by atoms with Gasteiger partial charge in [0.1, 0.15) is 0 Å². The third-order valence-electron chi connectivity index (χ3n) is 2.13. The van der Waals surface area contributed by atoms with E-state index in [1.54, 1.807) is 0 Å². The number of aldehydes is 1. The molecule has 14 heavy (non-hydrogen) atoms. The van der Waals surface area contributed by atoms with E-state index in [2.05, 4.69) is 5.32 Å². The number of anilines is 1. The largest absolute Gasteiger partial charge is 0.360 e. The van der Waals surface area contributed by atoms with E-state index in [-0.39, 0.29) is 5.91 Å². The molecule has 1 aromatic heterocycles. The van der Waals surface area contributed by atoms with Gasteiger partial charge in [-0.15, -0.1) is 11.3 Å². The minimum atomic E-state index is 0.0371. The van der Waals surface area contributed by atoms with Crippen molar-refractivity contribution in [3.8, 4) is 0 Å². The molecule has 2 rings (SSSR count). The van der Waals surface area contributed by atoms with Crippen LogP contribution in [0.3, 0.4) is 0 Å². The molecule has 0 unspecified atom stereocenters. The molecule has 1 aliphatic heterocycles. The quantitative estimate of drug-likeness (QED) is 0.723. The van der Waals surface area contributed by atoms with Crippen LogP contribution in [0.15, 0.2) is 11.4 Å². The maximum absolute atomic E-state index is 11.1. The van der Waals surface area contributed by atoms with E-state index in [0.717, 1.165) is 18.5 Å². The van der Waals surface area contributed by atoms with Gasteiger partial charge in [-0.2, -0.15) is 0 Å². The lowest BCUT2D eigenvalue weighted by atomic mass is 10.3. The fourth-order valence-electron chi connectivity index (χ4n) is 1.43. The van der Waals surface area contributed by atoms with Crippen molar-refractivity contribution in [1.29, 1.82) is 0 Å². The van der Waals surface area contributed by atoms with Crippen LogP contribution in [-0.2, 0) is 4.79 Å². The van der Waals surface area contributed by atoms with Gasteiger partial charge in [0.25, 0.3) is 0 Å². The number of nitrogens with one attached hydrogen (secondary N) is 1. The van der Waals surface area contributed by atoms with Crippen molar-refractivity contribution in [2.45, 2.75) is 0 Å². The number of rotatable bonds is 2. The second kappa shape index (κ2) is 3.79. The lowest BCUT2D eigenvalue weighted by Crippen LogP contribution is -2.47. The summed E-state index contributed by atoms with van der Waals surface area (Å²) >= 11 is 1.40. The molecule has 1 aliphatic rings. The SMILES string of the molecule is O=Cc1cc(N2CCNC(=O)C2)cs1. The van der Waals surface area contributed by atoms with Gasteiger partial charge in [-0.3, -0.25) is 9.59 Å². The van der Waals surface area contributed by atoms with Gasteiger partial charge in [0, 0.05) is 24.2 Å². The van der Waals surface area contributed by atoms with Crippen LogP contribution in [0, 0.1) is 0 Å². The van der Waals surface area contributed by atoms with Crippen molar-refractivity contribution in [3.05, 3.63) is 16.3 Å². The molecule has 1 N–H and O–H groups in total. The van der Waals surface area contributed by atoms with Crippen molar-refractivity contribution >= 4 is 29.2 Å². The van der Waals surface area contributed by atoms with E-state index >= 15 is 0 Å². The summed E-state index contributed by atoms with van der Waals surface area (Å²) in [4.78, 5) is 24.3. The Morgan fingerprint density at radius 3 is 3.07 bits per heavy atom. The Morgan fingerprint density at radius 2 is 2.43 bits per heavy atom. The smallest absolute Gasteiger partial charge is 0.239 e. The summed E-state index contributed by atoms with van der Waals surface area (Å²) < 4.78 is 0. The summed E-state index contributed by atoms with van der Waals surface area (Å²) in [6.45, 7) is 1.86. The van der Waals surface area contributed by atoms with E-state index < -0.39 is 0 Å². The van der Waals surface area contributed by atoms with Gasteiger partial charge < -0.3 is 10.2 Å². The highest BCUT2D eigenvalue weighted by atomic mass is 32.1. The second-order valence-electron chi connectivity index (χ2n) is 3.10. The highest BCUT2D eigenvalue weighted by molar-refractivity contribution is 7.12. The van der Waals surface area contributed by atoms with Crippen LogP contribution in [0.25, 0.3) is 0 Å². The molecule has 1 aromatic rings. The van der Waals surface area contributed by atoms with E-state index in [1.165, 1.54) is 11.3 Å². The van der Waals surface area contributed by atoms with Gasteiger partial charge in [0.05, 0.1) is 11.4 Å². The number of nitrogens with zero attached hydrogens (tertiary/aromatic N) is 1. The van der Waals surface area contributed by atoms with Crippen molar-refractivity contribution in [2.75, 3.05) is 24.5 Å². The highest BCUT2D eigenvalue weighted by Crippen LogP contribution is 2.22. The van der Waals surface area contributed by atoms with Crippen LogP contribution in [0.4, 0.5) is 5.69 Å². The first-order chi connectivity index (χ1) is 6.79. The third kappa shape index (κ3) is 1.77. The number of carbonyl (C=O) groups is 2. The monoisotopic (exact) mass is 210 g/mol. The Labute approximate surface area is 85.5 Å². The van der Waals surface area contributed by atoms with E-state index in [0.29, 0.717) is 18.0 Å². The lowest BCUT2D eigenvalue weighted by molar-refractivity contribution is -0.120. The number of carbonyl (C=O) groups excluding carboxylic acids is 2. The average molecular weight is 210 g/mol. The van der Waals surface area contributed by atoms with E-state index in [9.17, 15) is 9.59 Å². The van der Waals surface area contributed by atoms with Gasteiger partial charge in [0.2, 0.25) is 5.91 Å². The lowest BCUT2D eigenvalue weighted by Gasteiger charge is -2.27. The highest BCUT2D eigenvalue weighted by Gasteiger charge is 2.17. The molecule has 2 heterocycles. The fourth-order valence-corrected chi connectivity index (χ4v) is 2.15. The number of hydrogen-bond donors (Lipinski definition) is 1. The summed E-state index contributed by atoms with van der Waals surface area (Å²) in [6.07, 6.45) is 0.832. The van der Waals surface area contributed by atoms with Gasteiger partial charge in [-0.05, 0) is 6.07 Å². The Balaban J connectivity index is 2.13. The van der Waals surface area contributed by atoms with Crippen LogP contribution in [0.5, 0.6) is 0 Å². The van der Waals surface area contributed by atoms with Crippen molar-refractivity contribution in [2.24, 2.45) is 0 Å². The topological polar surface area (TPSA) is 49.4 Å². The molecule has 5 heteroatoms. The Morgan fingerprint density at radius 1 is 1.57 bits per heavy atom. The Hall–Kier alpha value is -1.36. The molecule has 74 valence electrons. The third-order valence-corrected chi connectivity index (χ3v) is 2.97. The molecule has 1 amide bonds. The normalized spacial score (nSPS) is 16.6. The van der Waals surface area contributed by atoms with Crippen molar-refractivity contribution in [3.63, 3.8) is 0 Å². The molecule has 1 fully saturated rings. The van der Waals surface area contributed by atoms with Crippen LogP contribution in [0.2, 0.25) is 0 Å². The maximum Gasteiger partial charge on any atom is 0.239 e. The first kappa shape index (κ1) is 9.21. The van der Waals surface area contributed by atoms with Crippen LogP contribution < -0.4 is 10.2 Å². The Kier molecular flexibility index (Phi) is 2.49. The summed E-state index contributed by atoms with van der Waals surface area (Å²) in [6, 6.07) is 1.82. The molecule has 0 saturated carbocycles. The van der Waals surface area contributed by atoms with Crippen LogP contribution in [-0.4, -0.2) is 31.8 Å². The second-order valence-corrected chi connectivity index (χ2v) is 4.04. The predicted octanol–water partition coefficient (Wildman–Crippen LogP) is 0.497. The van der Waals surface area contributed by atoms with Crippen LogP contribution >= 0.6 is 11.3 Å². The fraction of sp³-hybridized carbons (Fsp3) is 0.333. The van der Waals surface area contributed by atoms with Crippen LogP contribution in [0.1, 0.15) is 9.67 Å². The van der Waals surface area contributed by atoms with E-state index in [1.807, 2.05) is 16.3 Å². The van der Waals surface area contributed by atoms with E-state index in [4.69, 9.17) is 0 Å². The minimum Gasteiger partial charge on any atom is -0.360 e. The molecule has 0 atom stereocenters. The maximum atomic E-state index is 11.1. The first-order valence-electron chi connectivity index (χ1n) is 4.35. The molecule has 0 spiro atoms. The number of hydrogen-bond acceptors (Lipinski definition) is 4. The molecular weight excluding hydrogens is 200 g/mol. The standard InChI is InChI=1S/C9H10N2O2S/c12-5-8-3-7(6-14-8)11-2-1-10-9(13)4-11/h3,5-6H,1-2,4H2,(H,10,13). The molecule has 0 aromatic carbocycles. The number of amides is 1. The summed E-state index contributed by atoms with van der Waals surface area (Å²) in [5.41, 5.74) is 0.965. The molecular formula is C9H10N2O2S. The molecule has 0 bridgehead atoms. The summed E-state index contributed by atoms with van der Waals surface area (Å²) in [5.74, 6) is 0.0371. The molecule has 0 aliphatic carbocycles. The van der Waals surface area contributed by atoms with Gasteiger partial charge >= 0.3 is 0 Å². The summed E-state index contributed by atoms with van der Waals surface area (Å²) in [5, 5.41) is 4.66. The van der Waals surface area contributed by atoms with Crippen molar-refractivity contribution in [1.82, 2.24) is 5.32 Å². The average Bonchev–Trinajstić information content (AvgIpc) is 2.66. The Bertz CT molecular complexity index is 361. The van der Waals surface area contributed by atoms with Gasteiger partial charge in [-0.1, -0.05) is 0 Å². The van der Waals surface area contributed by atoms with Gasteiger partial charge in [0.15, 0.2) is 6.29 Å². The van der Waals surface area contributed by atoms with Crippen molar-refractivity contribution < 1.29 is 9.59 Å². The zero-order valence-corrected chi connectivity index (χ0v) is 8.34. The van der Waals surface area contributed by atoms with Gasteiger partial charge in [-0.25, -0.2) is 0 Å². The number of piperazine rings is 1. The number of thiophene rings is 1. The predicted molar refractivity (Wildman–Crippen MR) is 54.9 cm³/mol. The minimum absolute atomic E-state index is 0.0371. The first-order valence-corrected chi connectivity index (χ1v) is 5.23. The molecule has 1 saturated heterocycles. The summed E-state index contributed by atoms with van der Waals surface area (Å²) in [7, 11) is 0.